The predicted octanol–water partition coefficient (Wildman–Crippen LogP) is 1.73. The number of carbonyl (C=O) groups excluding carboxylic acids is 2. The number of aromatic hydroxyl groups is 1. The number of fused-ring (bicyclic) bond motifs is 2. The van der Waals surface area contributed by atoms with Gasteiger partial charge >= 0.3 is 41.6 Å². The van der Waals surface area contributed by atoms with Crippen LogP contribution in [0.3, 0.4) is 0 Å². The molecular formula is C25H13Br4N2NaO9+2. The number of hydroxylamine groups is 2. The van der Waals surface area contributed by atoms with E-state index in [4.69, 9.17) is 9.25 Å². The van der Waals surface area contributed by atoms with E-state index in [0.29, 0.717) is 21.6 Å². The predicted molar refractivity (Wildman–Crippen MR) is 154 cm³/mol. The summed E-state index contributed by atoms with van der Waals surface area (Å²) in [5.41, 5.74) is 0.460. The Balaban J connectivity index is 0.00000387. The number of carboxylic acids is 1. The van der Waals surface area contributed by atoms with Gasteiger partial charge in [0.1, 0.15) is 14.7 Å². The molecule has 1 aliphatic carbocycles. The van der Waals surface area contributed by atoms with Crippen LogP contribution in [0.2, 0.25) is 0 Å². The zero-order valence-electron chi connectivity index (χ0n) is 20.6. The Hall–Kier alpha value is -2.27. The van der Waals surface area contributed by atoms with Gasteiger partial charge in [0, 0.05) is 47.1 Å². The third-order valence-corrected chi connectivity index (χ3v) is 8.63. The van der Waals surface area contributed by atoms with Crippen LogP contribution in [0.1, 0.15) is 23.2 Å². The second-order valence-electron chi connectivity index (χ2n) is 8.42. The van der Waals surface area contributed by atoms with Crippen molar-refractivity contribution in [3.63, 3.8) is 0 Å². The van der Waals surface area contributed by atoms with E-state index in [2.05, 4.69) is 68.7 Å². The number of hydrogen-bond acceptors (Lipinski definition) is 7. The SMILES string of the molecule is O=C(O)c1ccc([NH+]=C(O)ON2C(=O)CCC2=O)cc1-c1c2cc(Br)c(=O)c(Br)c-2oc2c(Br)c(O)c(Br)cc12.[Na+]. The first kappa shape index (κ1) is 31.7. The number of aromatic carboxylic acids is 1. The van der Waals surface area contributed by atoms with E-state index < -0.39 is 29.3 Å². The Morgan fingerprint density at radius 2 is 1.59 bits per heavy atom. The standard InChI is InChI=1S/C25H12Br4N2O9.Na/c26-13-6-11-17(12-7-14(27)21(35)19(29)23(12)39-22(11)18(28)20(13)34)10-5-8(1-2-9(10)24(36)37)30-25(38)40-31-15(32)3-4-16(31)33;/h1-2,5-7,34H,3-4H2,(H,30,38)(H,36,37);/q;+1/p+1. The molecule has 1 fully saturated rings. The van der Waals surface area contributed by atoms with Gasteiger partial charge in [-0.2, -0.15) is 0 Å². The maximum Gasteiger partial charge on any atom is 1.00 e. The summed E-state index contributed by atoms with van der Waals surface area (Å²) in [6, 6.07) is 7.03. The van der Waals surface area contributed by atoms with E-state index in [9.17, 15) is 34.5 Å². The third-order valence-electron chi connectivity index (χ3n) is 5.98. The number of aliphatic hydroxyl groups excluding tert-OH is 1. The van der Waals surface area contributed by atoms with Gasteiger partial charge in [0.15, 0.2) is 11.3 Å². The zero-order chi connectivity index (χ0) is 29.0. The number of nitrogens with zero attached hydrogens (tertiary/aromatic N) is 1. The van der Waals surface area contributed by atoms with Crippen LogP contribution >= 0.6 is 63.7 Å². The van der Waals surface area contributed by atoms with Crippen molar-refractivity contribution >= 4 is 104 Å². The molecular weight excluding hydrogens is 815 g/mol. The summed E-state index contributed by atoms with van der Waals surface area (Å²) in [4.78, 5) is 56.2. The second-order valence-corrected chi connectivity index (χ2v) is 11.7. The largest absolute Gasteiger partial charge is 1.00 e. The Morgan fingerprint density at radius 3 is 2.22 bits per heavy atom. The quantitative estimate of drug-likeness (QED) is 0.0788. The number of carbonyl (C=O) groups is 3. The van der Waals surface area contributed by atoms with Gasteiger partial charge in [-0.15, -0.1) is 4.99 Å². The van der Waals surface area contributed by atoms with Crippen LogP contribution in [-0.4, -0.2) is 44.3 Å². The molecule has 4 N–H and O–H groups in total. The fourth-order valence-electron chi connectivity index (χ4n) is 4.19. The molecule has 16 heteroatoms. The first-order chi connectivity index (χ1) is 18.9. The molecule has 1 saturated heterocycles. The van der Waals surface area contributed by atoms with E-state index >= 15 is 0 Å². The number of carboxylic acid groups (broad SMARTS) is 1. The van der Waals surface area contributed by atoms with Crippen molar-refractivity contribution in [1.29, 1.82) is 0 Å². The fourth-order valence-corrected chi connectivity index (χ4v) is 6.59. The Kier molecular flexibility index (Phi) is 9.38. The van der Waals surface area contributed by atoms with Crippen LogP contribution in [0, 0.1) is 0 Å². The molecule has 0 aromatic heterocycles. The fraction of sp³-hybridized carbons (Fsp3) is 0.0800. The van der Waals surface area contributed by atoms with E-state index in [1.54, 1.807) is 0 Å². The van der Waals surface area contributed by atoms with Gasteiger partial charge < -0.3 is 19.7 Å². The summed E-state index contributed by atoms with van der Waals surface area (Å²) in [6.07, 6.45) is -1.01. The summed E-state index contributed by atoms with van der Waals surface area (Å²) in [5, 5.41) is 31.7. The van der Waals surface area contributed by atoms with Crippen LogP contribution in [0.25, 0.3) is 33.4 Å². The molecule has 0 radical (unpaired) electrons. The minimum atomic E-state index is -1.28. The molecule has 0 unspecified atom stereocenters. The van der Waals surface area contributed by atoms with Gasteiger partial charge in [0.25, 0.3) is 11.8 Å². The van der Waals surface area contributed by atoms with Gasteiger partial charge in [-0.1, -0.05) is 5.06 Å². The average Bonchev–Trinajstić information content (AvgIpc) is 3.21. The summed E-state index contributed by atoms with van der Waals surface area (Å²) >= 11 is 13.1. The number of imide groups is 1. The molecule has 2 heterocycles. The number of phenols is 1. The smallest absolute Gasteiger partial charge is 0.505 e. The number of nitrogens with one attached hydrogen (secondary N) is 1. The minimum absolute atomic E-state index is 0. The molecule has 0 atom stereocenters. The first-order valence-corrected chi connectivity index (χ1v) is 14.3. The average molecular weight is 828 g/mol. The number of phenolic OH excluding ortho intramolecular Hbond substituents is 1. The van der Waals surface area contributed by atoms with Crippen molar-refractivity contribution in [1.82, 2.24) is 5.06 Å². The topological polar surface area (TPSA) is 169 Å². The maximum absolute atomic E-state index is 12.7. The molecule has 204 valence electrons. The van der Waals surface area contributed by atoms with Gasteiger partial charge in [-0.3, -0.25) is 19.2 Å². The molecule has 2 aliphatic heterocycles. The second kappa shape index (κ2) is 12.1. The van der Waals surface area contributed by atoms with E-state index in [1.165, 1.54) is 30.3 Å². The van der Waals surface area contributed by atoms with Gasteiger partial charge in [0.2, 0.25) is 11.1 Å². The van der Waals surface area contributed by atoms with Gasteiger partial charge in [-0.25, -0.2) is 4.79 Å². The van der Waals surface area contributed by atoms with Crippen molar-refractivity contribution < 1.29 is 73.5 Å². The number of amides is 2. The summed E-state index contributed by atoms with van der Waals surface area (Å²) in [6.45, 7) is 0. The van der Waals surface area contributed by atoms with Gasteiger partial charge in [0.05, 0.1) is 14.5 Å². The molecule has 2 aromatic rings. The number of hydrogen-bond donors (Lipinski definition) is 4. The van der Waals surface area contributed by atoms with Crippen molar-refractivity contribution in [3.05, 3.63) is 64.0 Å². The minimum Gasteiger partial charge on any atom is -0.505 e. The molecule has 0 spiro atoms. The molecule has 11 nitrogen and oxygen atoms in total. The Labute approximate surface area is 285 Å². The van der Waals surface area contributed by atoms with Crippen LogP contribution in [0.15, 0.2) is 57.4 Å². The third kappa shape index (κ3) is 5.72. The van der Waals surface area contributed by atoms with Crippen LogP contribution in [0.5, 0.6) is 5.75 Å². The molecule has 41 heavy (non-hydrogen) atoms. The van der Waals surface area contributed by atoms with E-state index in [-0.39, 0.29) is 94.2 Å². The Bertz CT molecular complexity index is 1840. The summed E-state index contributed by atoms with van der Waals surface area (Å²) < 4.78 is 6.68. The van der Waals surface area contributed by atoms with E-state index in [1.807, 2.05) is 0 Å². The van der Waals surface area contributed by atoms with Crippen molar-refractivity contribution in [3.8, 4) is 28.2 Å². The summed E-state index contributed by atoms with van der Waals surface area (Å²) in [7, 11) is 0. The summed E-state index contributed by atoms with van der Waals surface area (Å²) in [5.74, 6) is -2.64. The van der Waals surface area contributed by atoms with Gasteiger partial charge in [-0.05, 0) is 81.9 Å². The molecule has 2 amide bonds. The van der Waals surface area contributed by atoms with Crippen LogP contribution in [-0.2, 0) is 14.4 Å². The van der Waals surface area contributed by atoms with Crippen LogP contribution < -0.4 is 40.0 Å². The monoisotopic (exact) mass is 824 g/mol. The number of rotatable bonds is 4. The number of aliphatic hydroxyl groups is 1. The van der Waals surface area contributed by atoms with E-state index in [0.717, 1.165) is 0 Å². The first-order valence-electron chi connectivity index (χ1n) is 11.1. The normalized spacial score (nSPS) is 13.7. The zero-order valence-corrected chi connectivity index (χ0v) is 28.9. The molecule has 0 bridgehead atoms. The number of benzene rings is 3. The van der Waals surface area contributed by atoms with Crippen molar-refractivity contribution in [2.75, 3.05) is 0 Å². The van der Waals surface area contributed by atoms with Crippen molar-refractivity contribution in [2.24, 2.45) is 0 Å². The molecule has 5 rings (SSSR count). The Morgan fingerprint density at radius 1 is 0.927 bits per heavy atom. The molecule has 3 aliphatic rings. The molecule has 0 saturated carbocycles. The van der Waals surface area contributed by atoms with Crippen molar-refractivity contribution in [2.45, 2.75) is 12.8 Å². The maximum atomic E-state index is 12.7. The van der Waals surface area contributed by atoms with Crippen LogP contribution in [0.4, 0.5) is 5.69 Å². The number of halogens is 4. The molecule has 2 aromatic carbocycles.